The van der Waals surface area contributed by atoms with Gasteiger partial charge in [0.15, 0.2) is 0 Å². The molecule has 1 aliphatic heterocycles. The maximum absolute atomic E-state index is 4.77. The van der Waals surface area contributed by atoms with Crippen molar-refractivity contribution in [3.05, 3.63) is 41.2 Å². The van der Waals surface area contributed by atoms with Crippen LogP contribution < -0.4 is 0 Å². The first-order valence-corrected chi connectivity index (χ1v) is 6.93. The summed E-state index contributed by atoms with van der Waals surface area (Å²) in [6, 6.07) is 6.46. The summed E-state index contributed by atoms with van der Waals surface area (Å²) in [6.45, 7) is 7.48. The van der Waals surface area contributed by atoms with Crippen molar-refractivity contribution in [3.63, 3.8) is 0 Å². The molecule has 0 radical (unpaired) electrons. The van der Waals surface area contributed by atoms with Crippen LogP contribution >= 0.6 is 0 Å². The van der Waals surface area contributed by atoms with Gasteiger partial charge in [-0.2, -0.15) is 0 Å². The Hall–Kier alpha value is -1.61. The van der Waals surface area contributed by atoms with Gasteiger partial charge < -0.3 is 4.57 Å². The predicted octanol–water partition coefficient (Wildman–Crippen LogP) is 3.03. The van der Waals surface area contributed by atoms with E-state index in [2.05, 4.69) is 54.6 Å². The molecule has 19 heavy (non-hydrogen) atoms. The summed E-state index contributed by atoms with van der Waals surface area (Å²) in [7, 11) is 2.12. The second-order valence-corrected chi connectivity index (χ2v) is 5.61. The van der Waals surface area contributed by atoms with E-state index in [0.29, 0.717) is 0 Å². The van der Waals surface area contributed by atoms with E-state index in [0.717, 1.165) is 31.0 Å². The van der Waals surface area contributed by atoms with Crippen LogP contribution in [0.4, 0.5) is 0 Å². The summed E-state index contributed by atoms with van der Waals surface area (Å²) in [5, 5.41) is 0. The number of aryl methyl sites for hydroxylation is 2. The Morgan fingerprint density at radius 3 is 2.84 bits per heavy atom. The lowest BCUT2D eigenvalue weighted by atomic mass is 10.1. The van der Waals surface area contributed by atoms with E-state index < -0.39 is 0 Å². The molecule has 0 bridgehead atoms. The summed E-state index contributed by atoms with van der Waals surface area (Å²) < 4.78 is 2.23. The van der Waals surface area contributed by atoms with Crippen molar-refractivity contribution in [2.45, 2.75) is 26.8 Å². The topological polar surface area (TPSA) is 21.1 Å². The van der Waals surface area contributed by atoms with Crippen molar-refractivity contribution >= 4 is 11.0 Å². The third kappa shape index (κ3) is 2.43. The van der Waals surface area contributed by atoms with E-state index in [-0.39, 0.29) is 0 Å². The van der Waals surface area contributed by atoms with Gasteiger partial charge in [-0.1, -0.05) is 17.7 Å². The molecule has 100 valence electrons. The number of fused-ring (bicyclic) bond motifs is 1. The molecule has 3 heteroatoms. The van der Waals surface area contributed by atoms with E-state index in [1.54, 1.807) is 0 Å². The van der Waals surface area contributed by atoms with Crippen molar-refractivity contribution < 1.29 is 0 Å². The molecule has 0 saturated carbocycles. The summed E-state index contributed by atoms with van der Waals surface area (Å²) >= 11 is 0. The molecule has 0 atom stereocenters. The Kier molecular flexibility index (Phi) is 3.15. The smallest absolute Gasteiger partial charge is 0.123 e. The van der Waals surface area contributed by atoms with Gasteiger partial charge in [0.1, 0.15) is 5.82 Å². The number of imidazole rings is 1. The Morgan fingerprint density at radius 2 is 2.11 bits per heavy atom. The number of hydrogen-bond donors (Lipinski definition) is 0. The van der Waals surface area contributed by atoms with Crippen LogP contribution in [-0.4, -0.2) is 27.5 Å². The van der Waals surface area contributed by atoms with E-state index in [1.165, 1.54) is 23.1 Å². The van der Waals surface area contributed by atoms with Gasteiger partial charge >= 0.3 is 0 Å². The average Bonchev–Trinajstić information content (AvgIpc) is 2.70. The lowest BCUT2D eigenvalue weighted by Crippen LogP contribution is -2.29. The normalized spacial score (nSPS) is 16.9. The molecule has 0 N–H and O–H groups in total. The fourth-order valence-electron chi connectivity index (χ4n) is 2.65. The van der Waals surface area contributed by atoms with E-state index in [9.17, 15) is 0 Å². The first kappa shape index (κ1) is 12.4. The molecule has 1 aromatic carbocycles. The zero-order chi connectivity index (χ0) is 13.4. The summed E-state index contributed by atoms with van der Waals surface area (Å²) in [5.74, 6) is 1.16. The van der Waals surface area contributed by atoms with Gasteiger partial charge in [-0.25, -0.2) is 4.98 Å². The Bertz CT molecular complexity index is 637. The molecule has 0 unspecified atom stereocenters. The second-order valence-electron chi connectivity index (χ2n) is 5.61. The van der Waals surface area contributed by atoms with Crippen molar-refractivity contribution in [1.29, 1.82) is 0 Å². The molecule has 0 fully saturated rings. The number of rotatable bonds is 2. The Labute approximate surface area is 114 Å². The van der Waals surface area contributed by atoms with Gasteiger partial charge in [-0.3, -0.25) is 4.90 Å². The van der Waals surface area contributed by atoms with Crippen LogP contribution in [0.25, 0.3) is 11.0 Å². The monoisotopic (exact) mass is 255 g/mol. The van der Waals surface area contributed by atoms with Crippen molar-refractivity contribution in [1.82, 2.24) is 14.5 Å². The fourth-order valence-corrected chi connectivity index (χ4v) is 2.65. The van der Waals surface area contributed by atoms with Gasteiger partial charge in [0.25, 0.3) is 0 Å². The molecule has 0 amide bonds. The number of aromatic nitrogens is 2. The average molecular weight is 255 g/mol. The van der Waals surface area contributed by atoms with Crippen molar-refractivity contribution in [2.75, 3.05) is 13.1 Å². The molecule has 1 aliphatic rings. The molecule has 0 saturated heterocycles. The van der Waals surface area contributed by atoms with Gasteiger partial charge in [0, 0.05) is 20.1 Å². The van der Waals surface area contributed by atoms with Gasteiger partial charge in [-0.05, 0) is 38.0 Å². The third-order valence-electron chi connectivity index (χ3n) is 4.01. The molecule has 3 nitrogen and oxygen atoms in total. The summed E-state index contributed by atoms with van der Waals surface area (Å²) in [5.41, 5.74) is 5.14. The minimum absolute atomic E-state index is 0.938. The molecule has 2 aromatic rings. The summed E-state index contributed by atoms with van der Waals surface area (Å²) in [6.07, 6.45) is 3.51. The molecule has 1 aromatic heterocycles. The Morgan fingerprint density at radius 1 is 1.26 bits per heavy atom. The minimum Gasteiger partial charge on any atom is -0.330 e. The first-order valence-electron chi connectivity index (χ1n) is 6.93. The van der Waals surface area contributed by atoms with Crippen LogP contribution in [-0.2, 0) is 13.6 Å². The predicted molar refractivity (Wildman–Crippen MR) is 79.1 cm³/mol. The van der Waals surface area contributed by atoms with Crippen LogP contribution in [0, 0.1) is 6.92 Å². The largest absolute Gasteiger partial charge is 0.330 e. The molecule has 0 aliphatic carbocycles. The van der Waals surface area contributed by atoms with E-state index >= 15 is 0 Å². The maximum Gasteiger partial charge on any atom is 0.123 e. The standard InChI is InChI=1S/C16H21N3/c1-12-6-8-19(9-7-12)11-16-17-14-5-4-13(2)10-15(14)18(16)3/h4-6,10H,7-9,11H2,1-3H3. The zero-order valence-corrected chi connectivity index (χ0v) is 12.0. The molecule has 3 rings (SSSR count). The molecular formula is C16H21N3. The second kappa shape index (κ2) is 4.82. The first-order chi connectivity index (χ1) is 9.13. The van der Waals surface area contributed by atoms with Crippen LogP contribution in [0.3, 0.4) is 0 Å². The van der Waals surface area contributed by atoms with Gasteiger partial charge in [0.05, 0.1) is 17.6 Å². The van der Waals surface area contributed by atoms with Crippen LogP contribution in [0.5, 0.6) is 0 Å². The number of benzene rings is 1. The SMILES string of the molecule is CC1=CCN(Cc2nc3ccc(C)cc3n2C)CC1. The van der Waals surface area contributed by atoms with E-state index in [1.807, 2.05) is 0 Å². The Balaban J connectivity index is 1.87. The molecule has 2 heterocycles. The fraction of sp³-hybridized carbons (Fsp3) is 0.438. The van der Waals surface area contributed by atoms with Crippen molar-refractivity contribution in [2.24, 2.45) is 7.05 Å². The highest BCUT2D eigenvalue weighted by molar-refractivity contribution is 5.76. The molecular weight excluding hydrogens is 234 g/mol. The van der Waals surface area contributed by atoms with E-state index in [4.69, 9.17) is 4.98 Å². The van der Waals surface area contributed by atoms with Crippen LogP contribution in [0.2, 0.25) is 0 Å². The highest BCUT2D eigenvalue weighted by Crippen LogP contribution is 2.19. The van der Waals surface area contributed by atoms with Crippen molar-refractivity contribution in [3.8, 4) is 0 Å². The quantitative estimate of drug-likeness (QED) is 0.769. The highest BCUT2D eigenvalue weighted by atomic mass is 15.2. The maximum atomic E-state index is 4.77. The van der Waals surface area contributed by atoms with Crippen LogP contribution in [0.1, 0.15) is 24.7 Å². The number of nitrogens with zero attached hydrogens (tertiary/aromatic N) is 3. The number of hydrogen-bond acceptors (Lipinski definition) is 2. The third-order valence-corrected chi connectivity index (χ3v) is 4.01. The lowest BCUT2D eigenvalue weighted by Gasteiger charge is -2.24. The summed E-state index contributed by atoms with van der Waals surface area (Å²) in [4.78, 5) is 7.23. The lowest BCUT2D eigenvalue weighted by molar-refractivity contribution is 0.276. The van der Waals surface area contributed by atoms with Gasteiger partial charge in [0.2, 0.25) is 0 Å². The van der Waals surface area contributed by atoms with Crippen LogP contribution in [0.15, 0.2) is 29.8 Å². The van der Waals surface area contributed by atoms with Gasteiger partial charge in [-0.15, -0.1) is 0 Å². The highest BCUT2D eigenvalue weighted by Gasteiger charge is 2.14. The zero-order valence-electron chi connectivity index (χ0n) is 12.0. The molecule has 0 spiro atoms. The minimum atomic E-state index is 0.938.